The van der Waals surface area contributed by atoms with Crippen molar-refractivity contribution in [2.24, 2.45) is 0 Å². The molecule has 0 aliphatic rings. The maximum absolute atomic E-state index is 8.56. The van der Waals surface area contributed by atoms with Crippen molar-refractivity contribution < 1.29 is 106 Å². The van der Waals surface area contributed by atoms with E-state index in [1.54, 1.807) is 0 Å². The van der Waals surface area contributed by atoms with Crippen LogP contribution in [0.3, 0.4) is 0 Å². The zero-order valence-electron chi connectivity index (χ0n) is 3.09. The van der Waals surface area contributed by atoms with Gasteiger partial charge in [0.05, 0.1) is 0 Å². The molecule has 0 bridgehead atoms. The molecule has 0 aromatic heterocycles. The number of carbonyl (C=O) groups is 1. The van der Waals surface area contributed by atoms with Crippen LogP contribution >= 0.6 is 24.0 Å². The van der Waals surface area contributed by atoms with Crippen molar-refractivity contribution in [3.05, 3.63) is 0 Å². The normalized spacial score (nSPS) is 3.43. The van der Waals surface area contributed by atoms with Gasteiger partial charge in [0.1, 0.15) is 0 Å². The third kappa shape index (κ3) is 49.5. The van der Waals surface area contributed by atoms with Crippen LogP contribution in [-0.2, 0) is 0 Å². The van der Waals surface area contributed by atoms with E-state index >= 15 is 0 Å². The van der Waals surface area contributed by atoms with Crippen molar-refractivity contribution in [1.29, 1.82) is 0 Å². The summed E-state index contributed by atoms with van der Waals surface area (Å²) < 4.78 is 0. The Morgan fingerprint density at radius 2 is 1.29 bits per heavy atom. The van der Waals surface area contributed by atoms with Gasteiger partial charge in [-0.1, -0.05) is 0 Å². The van der Waals surface area contributed by atoms with E-state index in [0.717, 1.165) is 0 Å². The summed E-state index contributed by atoms with van der Waals surface area (Å²) in [5, 5.41) is 13.9. The molecule has 0 unspecified atom stereocenters. The van der Waals surface area contributed by atoms with Gasteiger partial charge in [-0.15, -0.1) is 24.0 Å². The molecule has 2 N–H and O–H groups in total. The first-order chi connectivity index (χ1) is 1.73. The van der Waals surface area contributed by atoms with Gasteiger partial charge in [-0.25, -0.2) is 4.79 Å². The second-order valence-electron chi connectivity index (χ2n) is 0.283. The van der Waals surface area contributed by atoms with E-state index in [1.165, 1.54) is 0 Å². The second-order valence-corrected chi connectivity index (χ2v) is 0.283. The van der Waals surface area contributed by atoms with E-state index in [9.17, 15) is 0 Å². The fourth-order valence-electron chi connectivity index (χ4n) is 0. The Bertz CT molecular complexity index is 37.9. The summed E-state index contributed by atoms with van der Waals surface area (Å²) in [6.07, 6.45) is -1.83. The smallest absolute Gasteiger partial charge is 0.450 e. The van der Waals surface area contributed by atoms with Crippen LogP contribution in [0.5, 0.6) is 0 Å². The van der Waals surface area contributed by atoms with Gasteiger partial charge in [0.25, 0.3) is 0 Å². The summed E-state index contributed by atoms with van der Waals surface area (Å²) in [4.78, 5) is 8.56. The van der Waals surface area contributed by atoms with E-state index in [1.807, 2.05) is 0 Å². The molecule has 1 radical (unpaired) electrons. The third-order valence-corrected chi connectivity index (χ3v) is 0. The summed E-state index contributed by atoms with van der Waals surface area (Å²) >= 11 is 0. The Labute approximate surface area is 133 Å². The molecule has 0 aliphatic heterocycles. The summed E-state index contributed by atoms with van der Waals surface area (Å²) in [5.74, 6) is 0. The number of halogens is 1. The molecular formula is CH3CeEuIO3. The summed E-state index contributed by atoms with van der Waals surface area (Å²) in [6, 6.07) is 0. The van der Waals surface area contributed by atoms with Gasteiger partial charge >= 0.3 is 6.16 Å². The Hall–Kier alpha value is 2.96. The van der Waals surface area contributed by atoms with Gasteiger partial charge < -0.3 is 10.2 Å². The van der Waals surface area contributed by atoms with Crippen LogP contribution < -0.4 is 0 Å². The van der Waals surface area contributed by atoms with Crippen LogP contribution in [0.4, 0.5) is 4.79 Å². The molecule has 0 fully saturated rings. The van der Waals surface area contributed by atoms with E-state index in [4.69, 9.17) is 15.0 Å². The minimum Gasteiger partial charge on any atom is -0.450 e. The molecule has 43 valence electrons. The molecule has 0 rings (SSSR count). The quantitative estimate of drug-likeness (QED) is 0.504. The maximum atomic E-state index is 8.56. The summed E-state index contributed by atoms with van der Waals surface area (Å²) in [7, 11) is 0. The maximum Gasteiger partial charge on any atom is 0.503 e. The van der Waals surface area contributed by atoms with Gasteiger partial charge in [-0.2, -0.15) is 0 Å². The Morgan fingerprint density at radius 1 is 1.29 bits per heavy atom. The molecule has 0 heterocycles. The van der Waals surface area contributed by atoms with Gasteiger partial charge in [-0.05, 0) is 0 Å². The van der Waals surface area contributed by atoms with Crippen LogP contribution in [0.1, 0.15) is 0 Å². The predicted molar refractivity (Wildman–Crippen MR) is 26.1 cm³/mol. The number of hydrogen-bond acceptors (Lipinski definition) is 1. The minimum atomic E-state index is -1.83. The molecular weight excluding hydrogens is 479 g/mol. The van der Waals surface area contributed by atoms with Crippen LogP contribution in [0, 0.1) is 91.1 Å². The van der Waals surface area contributed by atoms with Gasteiger partial charge in [0, 0.05) is 91.1 Å². The number of rotatable bonds is 0. The molecule has 0 atom stereocenters. The molecule has 0 saturated carbocycles. The zero-order chi connectivity index (χ0) is 3.58. The van der Waals surface area contributed by atoms with Crippen molar-refractivity contribution in [3.8, 4) is 0 Å². The molecule has 0 aromatic rings. The SMILES string of the molecule is I.O=C(O)O.[Ce].[Eu]. The first-order valence-electron chi connectivity index (χ1n) is 0.651. The molecule has 6 heteroatoms. The largest absolute Gasteiger partial charge is 0.503 e. The van der Waals surface area contributed by atoms with Gasteiger partial charge in [0.2, 0.25) is 0 Å². The Kier molecular flexibility index (Phi) is 51.4. The molecule has 7 heavy (non-hydrogen) atoms. The Morgan fingerprint density at radius 3 is 1.29 bits per heavy atom. The fraction of sp³-hybridized carbons (Fsp3) is 0. The summed E-state index contributed by atoms with van der Waals surface area (Å²) in [5.41, 5.74) is 0. The molecule has 0 spiro atoms. The van der Waals surface area contributed by atoms with E-state index in [0.29, 0.717) is 0 Å². The van der Waals surface area contributed by atoms with Crippen LogP contribution in [0.15, 0.2) is 0 Å². The molecule has 0 amide bonds. The molecule has 0 saturated heterocycles. The summed E-state index contributed by atoms with van der Waals surface area (Å²) in [6.45, 7) is 0. The average molecular weight is 482 g/mol. The number of carboxylic acid groups (broad SMARTS) is 2. The molecule has 0 aliphatic carbocycles. The minimum absolute atomic E-state index is 0. The van der Waals surface area contributed by atoms with Crippen molar-refractivity contribution in [2.75, 3.05) is 0 Å². The fourth-order valence-corrected chi connectivity index (χ4v) is 0. The first kappa shape index (κ1) is 22.5. The average Bonchev–Trinajstić information content (AvgIpc) is 0.811. The van der Waals surface area contributed by atoms with Crippen molar-refractivity contribution in [1.82, 2.24) is 0 Å². The standard InChI is InChI=1S/CH2O3.Ce.Eu.HI/c2-1(3)4;;;/h(H2,2,3,4);;;1H. The van der Waals surface area contributed by atoms with Crippen molar-refractivity contribution in [2.45, 2.75) is 0 Å². The third-order valence-electron chi connectivity index (χ3n) is 0. The van der Waals surface area contributed by atoms with Crippen LogP contribution in [-0.4, -0.2) is 16.4 Å². The predicted octanol–water partition coefficient (Wildman–Crippen LogP) is 0.840. The van der Waals surface area contributed by atoms with E-state index in [-0.39, 0.29) is 115 Å². The van der Waals surface area contributed by atoms with E-state index < -0.39 is 6.16 Å². The van der Waals surface area contributed by atoms with Crippen molar-refractivity contribution >= 4 is 30.1 Å². The van der Waals surface area contributed by atoms with Crippen LogP contribution in [0.2, 0.25) is 0 Å². The van der Waals surface area contributed by atoms with Crippen molar-refractivity contribution in [3.63, 3.8) is 0 Å². The second kappa shape index (κ2) is 16.0. The Balaban J connectivity index is -0.0000000150. The number of hydrogen-bond donors (Lipinski definition) is 2. The first-order valence-corrected chi connectivity index (χ1v) is 0.651. The topological polar surface area (TPSA) is 57.5 Å². The zero-order valence-corrected chi connectivity index (χ0v) is 11.0. The van der Waals surface area contributed by atoms with Crippen LogP contribution in [0.25, 0.3) is 0 Å². The molecule has 3 nitrogen and oxygen atoms in total. The monoisotopic (exact) mass is 483 g/mol. The van der Waals surface area contributed by atoms with Gasteiger partial charge in [0.15, 0.2) is 0 Å². The van der Waals surface area contributed by atoms with E-state index in [2.05, 4.69) is 0 Å². The molecule has 0 aromatic carbocycles. The van der Waals surface area contributed by atoms with Gasteiger partial charge in [-0.3, -0.25) is 0 Å².